The summed E-state index contributed by atoms with van der Waals surface area (Å²) in [6, 6.07) is 15.7. The van der Waals surface area contributed by atoms with Gasteiger partial charge in [0.1, 0.15) is 23.7 Å². The van der Waals surface area contributed by atoms with Gasteiger partial charge in [-0.3, -0.25) is 9.59 Å². The molecule has 3 aromatic rings. The summed E-state index contributed by atoms with van der Waals surface area (Å²) in [6.45, 7) is 0.0702. The lowest BCUT2D eigenvalue weighted by atomic mass is 9.97. The number of benzene rings is 3. The summed E-state index contributed by atoms with van der Waals surface area (Å²) in [7, 11) is 6.07. The van der Waals surface area contributed by atoms with Crippen molar-refractivity contribution in [2.45, 2.75) is 25.2 Å². The van der Waals surface area contributed by atoms with Crippen molar-refractivity contribution in [3.63, 3.8) is 0 Å². The number of carbonyl (C=O) groups excluding carboxylic acids is 1. The Balaban J connectivity index is 1.92. The molecule has 0 saturated heterocycles. The molecule has 0 bridgehead atoms. The Morgan fingerprint density at radius 3 is 2.37 bits per heavy atom. The first kappa shape index (κ1) is 27.1. The van der Waals surface area contributed by atoms with Crippen LogP contribution in [0.5, 0.6) is 23.0 Å². The molecule has 1 heterocycles. The molecule has 2 atom stereocenters. The highest BCUT2D eigenvalue weighted by Gasteiger charge is 2.40. The van der Waals surface area contributed by atoms with Crippen molar-refractivity contribution in [1.29, 1.82) is 0 Å². The molecule has 1 N–H and O–H groups in total. The van der Waals surface area contributed by atoms with Crippen molar-refractivity contribution in [3.8, 4) is 23.0 Å². The number of carboxylic acids is 1. The third-order valence-corrected chi connectivity index (χ3v) is 6.65. The minimum Gasteiger partial charge on any atom is -0.497 e. The van der Waals surface area contributed by atoms with Crippen molar-refractivity contribution in [1.82, 2.24) is 0 Å². The van der Waals surface area contributed by atoms with Gasteiger partial charge in [0.05, 0.1) is 47.1 Å². The van der Waals surface area contributed by atoms with Crippen LogP contribution in [0.1, 0.15) is 29.2 Å². The lowest BCUT2D eigenvalue weighted by molar-refractivity contribution is -0.147. The van der Waals surface area contributed by atoms with Gasteiger partial charge in [0.2, 0.25) is 0 Å². The van der Waals surface area contributed by atoms with Crippen LogP contribution in [0.3, 0.4) is 0 Å². The molecule has 0 aromatic heterocycles. The van der Waals surface area contributed by atoms with E-state index >= 15 is 0 Å². The van der Waals surface area contributed by atoms with E-state index in [9.17, 15) is 14.7 Å². The summed E-state index contributed by atoms with van der Waals surface area (Å²) in [5.74, 6) is 0.224. The van der Waals surface area contributed by atoms with E-state index in [1.54, 1.807) is 61.7 Å². The molecule has 0 fully saturated rings. The molecule has 200 valence electrons. The lowest BCUT2D eigenvalue weighted by Crippen LogP contribution is -2.40. The zero-order valence-corrected chi connectivity index (χ0v) is 22.2. The van der Waals surface area contributed by atoms with Crippen LogP contribution in [-0.4, -0.2) is 51.5 Å². The number of ether oxygens (including phenoxy) is 5. The van der Waals surface area contributed by atoms with Gasteiger partial charge in [-0.1, -0.05) is 29.8 Å². The van der Waals surface area contributed by atoms with Gasteiger partial charge < -0.3 is 33.7 Å². The highest BCUT2D eigenvalue weighted by Crippen LogP contribution is 2.47. The van der Waals surface area contributed by atoms with Gasteiger partial charge in [-0.05, 0) is 30.3 Å². The second-order valence-corrected chi connectivity index (χ2v) is 8.87. The van der Waals surface area contributed by atoms with E-state index in [0.717, 1.165) is 0 Å². The molecule has 4 rings (SSSR count). The van der Waals surface area contributed by atoms with Crippen LogP contribution in [0.15, 0.2) is 54.6 Å². The van der Waals surface area contributed by atoms with Crippen molar-refractivity contribution >= 4 is 29.2 Å². The van der Waals surface area contributed by atoms with Gasteiger partial charge in [-0.15, -0.1) is 0 Å². The maximum Gasteiger partial charge on any atom is 0.306 e. The van der Waals surface area contributed by atoms with Crippen LogP contribution in [0.2, 0.25) is 5.02 Å². The SMILES string of the molecule is COc1ccc(CN2C(=O)[C@@H](CC(=O)O)O[C@H](c3cccc(OC)c3OC)c3c(Cl)cccc32)c(OC)c1. The molecule has 38 heavy (non-hydrogen) atoms. The Hall–Kier alpha value is -3.95. The number of amides is 1. The number of carboxylic acid groups (broad SMARTS) is 1. The smallest absolute Gasteiger partial charge is 0.306 e. The molecule has 0 unspecified atom stereocenters. The quantitative estimate of drug-likeness (QED) is 0.409. The number of carbonyl (C=O) groups is 2. The number of halogens is 1. The maximum absolute atomic E-state index is 13.9. The van der Waals surface area contributed by atoms with Crippen LogP contribution >= 0.6 is 11.6 Å². The highest BCUT2D eigenvalue weighted by molar-refractivity contribution is 6.32. The van der Waals surface area contributed by atoms with Gasteiger partial charge in [-0.25, -0.2) is 0 Å². The fourth-order valence-electron chi connectivity index (χ4n) is 4.56. The minimum atomic E-state index is -1.32. The van der Waals surface area contributed by atoms with E-state index in [-0.39, 0.29) is 6.54 Å². The van der Waals surface area contributed by atoms with Crippen LogP contribution < -0.4 is 23.8 Å². The Morgan fingerprint density at radius 1 is 0.974 bits per heavy atom. The molecule has 3 aromatic carbocycles. The predicted octanol–water partition coefficient (Wildman–Crippen LogP) is 4.87. The molecular weight excluding hydrogens is 514 g/mol. The van der Waals surface area contributed by atoms with Gasteiger partial charge in [0.25, 0.3) is 5.91 Å². The van der Waals surface area contributed by atoms with E-state index in [4.69, 9.17) is 35.3 Å². The zero-order chi connectivity index (χ0) is 27.4. The van der Waals surface area contributed by atoms with Crippen molar-refractivity contribution in [3.05, 3.63) is 76.3 Å². The number of hydrogen-bond donors (Lipinski definition) is 1. The number of aliphatic carboxylic acids is 1. The molecule has 10 heteroatoms. The molecule has 0 aliphatic carbocycles. The first-order chi connectivity index (χ1) is 18.3. The lowest BCUT2D eigenvalue weighted by Gasteiger charge is -2.26. The number of rotatable bonds is 9. The molecular formula is C28H28ClNO8. The van der Waals surface area contributed by atoms with Gasteiger partial charge in [-0.2, -0.15) is 0 Å². The predicted molar refractivity (Wildman–Crippen MR) is 141 cm³/mol. The van der Waals surface area contributed by atoms with E-state index in [2.05, 4.69) is 0 Å². The fourth-order valence-corrected chi connectivity index (χ4v) is 4.83. The summed E-state index contributed by atoms with van der Waals surface area (Å²) >= 11 is 6.75. The summed E-state index contributed by atoms with van der Waals surface area (Å²) in [5, 5.41) is 9.99. The summed E-state index contributed by atoms with van der Waals surface area (Å²) in [4.78, 5) is 27.2. The van der Waals surface area contributed by atoms with Crippen LogP contribution in [0.25, 0.3) is 0 Å². The molecule has 1 aliphatic rings. The first-order valence-corrected chi connectivity index (χ1v) is 12.1. The second-order valence-electron chi connectivity index (χ2n) is 8.46. The van der Waals surface area contributed by atoms with Crippen molar-refractivity contribution < 1.29 is 38.4 Å². The molecule has 0 saturated carbocycles. The van der Waals surface area contributed by atoms with Gasteiger partial charge in [0, 0.05) is 27.8 Å². The molecule has 1 amide bonds. The van der Waals surface area contributed by atoms with E-state index in [1.807, 2.05) is 0 Å². The van der Waals surface area contributed by atoms with Crippen LogP contribution in [0, 0.1) is 0 Å². The van der Waals surface area contributed by atoms with E-state index in [1.165, 1.54) is 26.2 Å². The van der Waals surface area contributed by atoms with Crippen LogP contribution in [0.4, 0.5) is 5.69 Å². The third kappa shape index (κ3) is 5.20. The Bertz CT molecular complexity index is 1340. The van der Waals surface area contributed by atoms with E-state index in [0.29, 0.717) is 50.4 Å². The Labute approximate surface area is 225 Å². The highest BCUT2D eigenvalue weighted by atomic mass is 35.5. The summed E-state index contributed by atoms with van der Waals surface area (Å²) in [6.07, 6.45) is -2.80. The average molecular weight is 542 g/mol. The number of fused-ring (bicyclic) bond motifs is 1. The topological polar surface area (TPSA) is 104 Å². The van der Waals surface area contributed by atoms with Crippen molar-refractivity contribution in [2.24, 2.45) is 0 Å². The molecule has 0 radical (unpaired) electrons. The summed E-state index contributed by atoms with van der Waals surface area (Å²) < 4.78 is 28.2. The molecule has 1 aliphatic heterocycles. The second kappa shape index (κ2) is 11.6. The Morgan fingerprint density at radius 2 is 1.71 bits per heavy atom. The average Bonchev–Trinajstić information content (AvgIpc) is 3.03. The summed E-state index contributed by atoms with van der Waals surface area (Å²) in [5.41, 5.74) is 2.19. The van der Waals surface area contributed by atoms with E-state index < -0.39 is 30.5 Å². The largest absolute Gasteiger partial charge is 0.497 e. The monoisotopic (exact) mass is 541 g/mol. The minimum absolute atomic E-state index is 0.0702. The van der Waals surface area contributed by atoms with Gasteiger partial charge in [0.15, 0.2) is 11.5 Å². The van der Waals surface area contributed by atoms with Crippen LogP contribution in [-0.2, 0) is 20.9 Å². The number of para-hydroxylation sites is 1. The molecule has 9 nitrogen and oxygen atoms in total. The first-order valence-electron chi connectivity index (χ1n) is 11.7. The standard InChI is InChI=1S/C28H28ClNO8/c1-34-17-12-11-16(22(13-17)36-3)15-30-20-9-6-8-19(29)25(20)27(38-23(28(30)33)14-24(31)32)18-7-5-10-21(35-2)26(18)37-4/h5-13,23,27H,14-15H2,1-4H3,(H,31,32)/t23-,27-/m1/s1. The molecule has 0 spiro atoms. The number of methoxy groups -OCH3 is 4. The number of hydrogen-bond acceptors (Lipinski definition) is 7. The fraction of sp³-hybridized carbons (Fsp3) is 0.286. The number of nitrogens with zero attached hydrogens (tertiary/aromatic N) is 1. The van der Waals surface area contributed by atoms with Crippen molar-refractivity contribution in [2.75, 3.05) is 33.3 Å². The number of anilines is 1. The Kier molecular flexibility index (Phi) is 8.29. The van der Waals surface area contributed by atoms with Gasteiger partial charge >= 0.3 is 5.97 Å². The maximum atomic E-state index is 13.9. The third-order valence-electron chi connectivity index (χ3n) is 6.32. The zero-order valence-electron chi connectivity index (χ0n) is 21.4. The normalized spacial score (nSPS) is 16.9.